The van der Waals surface area contributed by atoms with Gasteiger partial charge in [0.15, 0.2) is 5.78 Å². The van der Waals surface area contributed by atoms with Crippen LogP contribution in [-0.2, 0) is 14.3 Å². The normalized spacial score (nSPS) is 19.9. The molecule has 5 nitrogen and oxygen atoms in total. The van der Waals surface area contributed by atoms with Crippen molar-refractivity contribution in [2.75, 3.05) is 26.4 Å². The summed E-state index contributed by atoms with van der Waals surface area (Å²) in [4.78, 5) is 23.7. The Hall–Kier alpha value is -1.72. The molecule has 1 aromatic rings. The number of ketones is 1. The average molecular weight is 376 g/mol. The minimum absolute atomic E-state index is 0.0957. The van der Waals surface area contributed by atoms with Gasteiger partial charge in [0.25, 0.3) is 0 Å². The topological polar surface area (TPSA) is 64.6 Å². The molecule has 150 valence electrons. The van der Waals surface area contributed by atoms with Crippen LogP contribution in [0.15, 0.2) is 24.3 Å². The molecular formula is C22H33NO4. The minimum atomic E-state index is 0.0957. The molecule has 1 aliphatic carbocycles. The smallest absolute Gasteiger partial charge is 0.223 e. The summed E-state index contributed by atoms with van der Waals surface area (Å²) in [6.07, 6.45) is 4.07. The molecule has 0 aliphatic heterocycles. The van der Waals surface area contributed by atoms with E-state index in [1.807, 2.05) is 26.0 Å². The van der Waals surface area contributed by atoms with Gasteiger partial charge in [0.05, 0.1) is 25.9 Å². The Balaban J connectivity index is 1.63. The monoisotopic (exact) mass is 375 g/mol. The summed E-state index contributed by atoms with van der Waals surface area (Å²) in [6, 6.07) is 7.93. The van der Waals surface area contributed by atoms with Gasteiger partial charge in [-0.1, -0.05) is 24.3 Å². The molecule has 1 N–H and O–H groups in total. The molecule has 2 rings (SSSR count). The molecule has 1 saturated carbocycles. The SMILES string of the molecule is CC(=O)c1ccc(C2CCC(C(=O)NCCOCCOC(C)C)CC2)cc1. The van der Waals surface area contributed by atoms with E-state index in [1.54, 1.807) is 6.92 Å². The Morgan fingerprint density at radius 2 is 1.70 bits per heavy atom. The van der Waals surface area contributed by atoms with Crippen LogP contribution in [0.4, 0.5) is 0 Å². The first kappa shape index (κ1) is 21.6. The Morgan fingerprint density at radius 3 is 2.30 bits per heavy atom. The second-order valence-electron chi connectivity index (χ2n) is 7.55. The summed E-state index contributed by atoms with van der Waals surface area (Å²) < 4.78 is 10.9. The lowest BCUT2D eigenvalue weighted by atomic mass is 9.78. The number of hydrogen-bond acceptors (Lipinski definition) is 4. The van der Waals surface area contributed by atoms with Crippen LogP contribution in [0.5, 0.6) is 0 Å². The van der Waals surface area contributed by atoms with Crippen LogP contribution in [0.2, 0.25) is 0 Å². The van der Waals surface area contributed by atoms with Crippen LogP contribution >= 0.6 is 0 Å². The molecule has 1 aromatic carbocycles. The fraction of sp³-hybridized carbons (Fsp3) is 0.636. The molecule has 0 heterocycles. The van der Waals surface area contributed by atoms with Crippen LogP contribution in [-0.4, -0.2) is 44.2 Å². The average Bonchev–Trinajstić information content (AvgIpc) is 2.67. The molecular weight excluding hydrogens is 342 g/mol. The van der Waals surface area contributed by atoms with Gasteiger partial charge in [0.2, 0.25) is 5.91 Å². The van der Waals surface area contributed by atoms with E-state index in [1.165, 1.54) is 5.56 Å². The highest BCUT2D eigenvalue weighted by Crippen LogP contribution is 2.35. The Morgan fingerprint density at radius 1 is 1.04 bits per heavy atom. The van der Waals surface area contributed by atoms with Gasteiger partial charge in [-0.2, -0.15) is 0 Å². The number of carbonyl (C=O) groups is 2. The predicted molar refractivity (Wildman–Crippen MR) is 106 cm³/mol. The number of nitrogens with one attached hydrogen (secondary N) is 1. The maximum atomic E-state index is 12.3. The number of amides is 1. The zero-order valence-corrected chi connectivity index (χ0v) is 16.8. The highest BCUT2D eigenvalue weighted by molar-refractivity contribution is 5.94. The maximum absolute atomic E-state index is 12.3. The molecule has 5 heteroatoms. The lowest BCUT2D eigenvalue weighted by Gasteiger charge is -2.28. The van der Waals surface area contributed by atoms with Crippen LogP contribution in [0.3, 0.4) is 0 Å². The fourth-order valence-electron chi connectivity index (χ4n) is 3.51. The molecule has 1 fully saturated rings. The van der Waals surface area contributed by atoms with E-state index in [2.05, 4.69) is 17.4 Å². The number of carbonyl (C=O) groups excluding carboxylic acids is 2. The van der Waals surface area contributed by atoms with E-state index in [0.717, 1.165) is 31.2 Å². The molecule has 27 heavy (non-hydrogen) atoms. The quantitative estimate of drug-likeness (QED) is 0.500. The first-order valence-electron chi connectivity index (χ1n) is 10.0. The molecule has 0 bridgehead atoms. The summed E-state index contributed by atoms with van der Waals surface area (Å²) in [5.41, 5.74) is 2.03. The van der Waals surface area contributed by atoms with Gasteiger partial charge >= 0.3 is 0 Å². The van der Waals surface area contributed by atoms with Crippen LogP contribution < -0.4 is 5.32 Å². The van der Waals surface area contributed by atoms with Gasteiger partial charge < -0.3 is 14.8 Å². The van der Waals surface area contributed by atoms with Crippen molar-refractivity contribution in [2.24, 2.45) is 5.92 Å². The van der Waals surface area contributed by atoms with E-state index in [4.69, 9.17) is 9.47 Å². The molecule has 1 aliphatic rings. The van der Waals surface area contributed by atoms with Gasteiger partial charge in [-0.3, -0.25) is 9.59 Å². The molecule has 0 unspecified atom stereocenters. The largest absolute Gasteiger partial charge is 0.377 e. The lowest BCUT2D eigenvalue weighted by molar-refractivity contribution is -0.126. The van der Waals surface area contributed by atoms with Crippen molar-refractivity contribution >= 4 is 11.7 Å². The van der Waals surface area contributed by atoms with E-state index in [-0.39, 0.29) is 23.7 Å². The number of benzene rings is 1. The fourth-order valence-corrected chi connectivity index (χ4v) is 3.51. The van der Waals surface area contributed by atoms with Gasteiger partial charge in [-0.25, -0.2) is 0 Å². The van der Waals surface area contributed by atoms with Crippen molar-refractivity contribution in [2.45, 2.75) is 58.5 Å². The molecule has 0 saturated heterocycles. The lowest BCUT2D eigenvalue weighted by Crippen LogP contribution is -2.35. The Kier molecular flexibility index (Phi) is 8.95. The number of hydrogen-bond donors (Lipinski definition) is 1. The minimum Gasteiger partial charge on any atom is -0.377 e. The Labute approximate surface area is 162 Å². The molecule has 0 atom stereocenters. The van der Waals surface area contributed by atoms with Crippen molar-refractivity contribution in [1.82, 2.24) is 5.32 Å². The van der Waals surface area contributed by atoms with E-state index in [9.17, 15) is 9.59 Å². The zero-order chi connectivity index (χ0) is 19.6. The highest BCUT2D eigenvalue weighted by Gasteiger charge is 2.26. The summed E-state index contributed by atoms with van der Waals surface area (Å²) in [5, 5.41) is 2.98. The first-order valence-corrected chi connectivity index (χ1v) is 10.0. The van der Waals surface area contributed by atoms with Crippen molar-refractivity contribution in [1.29, 1.82) is 0 Å². The van der Waals surface area contributed by atoms with Crippen LogP contribution in [0.25, 0.3) is 0 Å². The third-order valence-corrected chi connectivity index (χ3v) is 5.11. The van der Waals surface area contributed by atoms with Gasteiger partial charge in [0, 0.05) is 18.0 Å². The van der Waals surface area contributed by atoms with E-state index >= 15 is 0 Å². The predicted octanol–water partition coefficient (Wildman–Crippen LogP) is 3.72. The molecule has 0 aromatic heterocycles. The van der Waals surface area contributed by atoms with Gasteiger partial charge in [0.1, 0.15) is 0 Å². The summed E-state index contributed by atoms with van der Waals surface area (Å²) >= 11 is 0. The second kappa shape index (κ2) is 11.2. The standard InChI is InChI=1S/C22H33NO4/c1-16(2)27-15-14-26-13-12-23-22(25)21-10-8-20(9-11-21)19-6-4-18(5-7-19)17(3)24/h4-7,16,20-21H,8-15H2,1-3H3,(H,23,25). The summed E-state index contributed by atoms with van der Waals surface area (Å²) in [5.74, 6) is 0.821. The third kappa shape index (κ3) is 7.43. The molecule has 0 radical (unpaired) electrons. The van der Waals surface area contributed by atoms with Crippen molar-refractivity contribution in [3.8, 4) is 0 Å². The van der Waals surface area contributed by atoms with E-state index in [0.29, 0.717) is 32.3 Å². The van der Waals surface area contributed by atoms with Crippen molar-refractivity contribution in [3.05, 3.63) is 35.4 Å². The molecule has 1 amide bonds. The second-order valence-corrected chi connectivity index (χ2v) is 7.55. The number of Topliss-reactive ketones (excluding diaryl/α,β-unsaturated/α-hetero) is 1. The van der Waals surface area contributed by atoms with Gasteiger partial charge in [-0.15, -0.1) is 0 Å². The first-order chi connectivity index (χ1) is 13.0. The van der Waals surface area contributed by atoms with Crippen molar-refractivity contribution < 1.29 is 19.1 Å². The van der Waals surface area contributed by atoms with Crippen molar-refractivity contribution in [3.63, 3.8) is 0 Å². The van der Waals surface area contributed by atoms with E-state index < -0.39 is 0 Å². The number of rotatable bonds is 10. The maximum Gasteiger partial charge on any atom is 0.223 e. The Bertz CT molecular complexity index is 589. The molecule has 0 spiro atoms. The zero-order valence-electron chi connectivity index (χ0n) is 16.8. The van der Waals surface area contributed by atoms with Gasteiger partial charge in [-0.05, 0) is 57.9 Å². The van der Waals surface area contributed by atoms with Crippen LogP contribution in [0.1, 0.15) is 68.3 Å². The van der Waals surface area contributed by atoms with Crippen LogP contribution in [0, 0.1) is 5.92 Å². The summed E-state index contributed by atoms with van der Waals surface area (Å²) in [7, 11) is 0. The highest BCUT2D eigenvalue weighted by atomic mass is 16.5. The summed E-state index contributed by atoms with van der Waals surface area (Å²) in [6.45, 7) is 7.79. The number of ether oxygens (including phenoxy) is 2. The third-order valence-electron chi connectivity index (χ3n) is 5.11.